The number of aromatic nitrogens is 1. The van der Waals surface area contributed by atoms with E-state index in [0.29, 0.717) is 31.1 Å². The van der Waals surface area contributed by atoms with Crippen molar-refractivity contribution in [1.29, 1.82) is 0 Å². The second-order valence-corrected chi connectivity index (χ2v) is 4.11. The first kappa shape index (κ1) is 12.3. The predicted octanol–water partition coefficient (Wildman–Crippen LogP) is -0.832. The van der Waals surface area contributed by atoms with E-state index in [4.69, 9.17) is 5.84 Å². The van der Waals surface area contributed by atoms with Gasteiger partial charge in [-0.1, -0.05) is 6.07 Å². The zero-order chi connectivity index (χ0) is 13.1. The minimum Gasteiger partial charge on any atom is -0.336 e. The van der Waals surface area contributed by atoms with Crippen molar-refractivity contribution < 1.29 is 9.59 Å². The smallest absolute Gasteiger partial charge is 0.312 e. The first-order valence-corrected chi connectivity index (χ1v) is 5.58. The van der Waals surface area contributed by atoms with Crippen molar-refractivity contribution in [3.8, 4) is 0 Å². The first-order valence-electron chi connectivity index (χ1n) is 5.58. The summed E-state index contributed by atoms with van der Waals surface area (Å²) in [6.45, 7) is 1.37. The van der Waals surface area contributed by atoms with Crippen LogP contribution in [0.3, 0.4) is 0 Å². The molecule has 0 radical (unpaired) electrons. The van der Waals surface area contributed by atoms with Crippen molar-refractivity contribution in [2.75, 3.05) is 25.6 Å². The Morgan fingerprint density at radius 3 is 2.83 bits per heavy atom. The minimum atomic E-state index is -0.489. The Hall–Kier alpha value is -2.15. The van der Waals surface area contributed by atoms with E-state index < -0.39 is 11.8 Å². The van der Waals surface area contributed by atoms with Crippen LogP contribution >= 0.6 is 0 Å². The zero-order valence-corrected chi connectivity index (χ0v) is 10.1. The van der Waals surface area contributed by atoms with Crippen molar-refractivity contribution in [2.45, 2.75) is 6.54 Å². The van der Waals surface area contributed by atoms with Gasteiger partial charge in [0.1, 0.15) is 5.82 Å². The molecule has 96 valence electrons. The number of nitrogens with zero attached hydrogens (tertiary/aromatic N) is 3. The maximum absolute atomic E-state index is 11.8. The van der Waals surface area contributed by atoms with Crippen molar-refractivity contribution in [3.05, 3.63) is 23.9 Å². The van der Waals surface area contributed by atoms with Gasteiger partial charge in [-0.25, -0.2) is 10.8 Å². The lowest BCUT2D eigenvalue weighted by molar-refractivity contribution is -0.155. The summed E-state index contributed by atoms with van der Waals surface area (Å²) in [6.07, 6.45) is 0. The minimum absolute atomic E-state index is 0.313. The van der Waals surface area contributed by atoms with Crippen LogP contribution in [0.25, 0.3) is 0 Å². The molecule has 0 unspecified atom stereocenters. The van der Waals surface area contributed by atoms with E-state index in [-0.39, 0.29) is 0 Å². The lowest BCUT2D eigenvalue weighted by Crippen LogP contribution is -2.52. The van der Waals surface area contributed by atoms with Gasteiger partial charge in [0.25, 0.3) is 0 Å². The van der Waals surface area contributed by atoms with Gasteiger partial charge in [-0.15, -0.1) is 0 Å². The molecule has 0 saturated carbocycles. The highest BCUT2D eigenvalue weighted by Crippen LogP contribution is 2.10. The quantitative estimate of drug-likeness (QED) is 0.414. The van der Waals surface area contributed by atoms with Gasteiger partial charge in [0.15, 0.2) is 0 Å². The molecule has 1 aliphatic heterocycles. The van der Waals surface area contributed by atoms with Gasteiger partial charge in [-0.2, -0.15) is 0 Å². The Morgan fingerprint density at radius 2 is 2.11 bits per heavy atom. The number of nitrogens with two attached hydrogens (primary N) is 1. The predicted molar refractivity (Wildman–Crippen MR) is 65.1 cm³/mol. The number of pyridine rings is 1. The monoisotopic (exact) mass is 249 g/mol. The molecule has 1 aromatic rings. The number of hydrazine groups is 1. The molecular weight excluding hydrogens is 234 g/mol. The summed E-state index contributed by atoms with van der Waals surface area (Å²) in [5.41, 5.74) is 3.13. The molecule has 7 heteroatoms. The lowest BCUT2D eigenvalue weighted by atomic mass is 10.2. The van der Waals surface area contributed by atoms with Crippen molar-refractivity contribution >= 4 is 17.6 Å². The number of nitrogens with one attached hydrogen (secondary N) is 1. The van der Waals surface area contributed by atoms with Crippen LogP contribution in [0, 0.1) is 0 Å². The largest absolute Gasteiger partial charge is 0.336 e. The van der Waals surface area contributed by atoms with Crippen LogP contribution in [-0.2, 0) is 16.1 Å². The summed E-state index contributed by atoms with van der Waals surface area (Å²) >= 11 is 0. The van der Waals surface area contributed by atoms with E-state index in [1.807, 2.05) is 0 Å². The van der Waals surface area contributed by atoms with Crippen LogP contribution in [0.2, 0.25) is 0 Å². The lowest BCUT2D eigenvalue weighted by Gasteiger charge is -2.31. The number of hydrogen-bond acceptors (Lipinski definition) is 5. The fourth-order valence-corrected chi connectivity index (χ4v) is 1.77. The maximum atomic E-state index is 11.8. The normalized spacial score (nSPS) is 16.1. The van der Waals surface area contributed by atoms with E-state index in [0.717, 1.165) is 0 Å². The first-order chi connectivity index (χ1) is 8.61. The van der Waals surface area contributed by atoms with Gasteiger partial charge in [-0.3, -0.25) is 9.59 Å². The van der Waals surface area contributed by atoms with E-state index in [1.165, 1.54) is 9.80 Å². The molecule has 1 aromatic heterocycles. The summed E-state index contributed by atoms with van der Waals surface area (Å²) in [6, 6.07) is 5.30. The van der Waals surface area contributed by atoms with Crippen LogP contribution in [0.4, 0.5) is 5.82 Å². The number of anilines is 1. The number of amides is 2. The van der Waals surface area contributed by atoms with E-state index in [1.54, 1.807) is 25.2 Å². The Balaban J connectivity index is 2.09. The molecule has 2 rings (SSSR count). The van der Waals surface area contributed by atoms with Crippen LogP contribution < -0.4 is 11.3 Å². The molecule has 0 bridgehead atoms. The summed E-state index contributed by atoms with van der Waals surface area (Å²) in [7, 11) is 1.62. The third-order valence-corrected chi connectivity index (χ3v) is 2.83. The summed E-state index contributed by atoms with van der Waals surface area (Å²) in [5.74, 6) is 4.83. The molecule has 1 saturated heterocycles. The SMILES string of the molecule is CN1CCN(Cc2cccc(NN)n2)C(=O)C1=O. The zero-order valence-electron chi connectivity index (χ0n) is 10.1. The summed E-state index contributed by atoms with van der Waals surface area (Å²) in [4.78, 5) is 30.4. The number of carbonyl (C=O) groups is 2. The number of likely N-dealkylation sites (N-methyl/N-ethyl adjacent to an activating group) is 1. The van der Waals surface area contributed by atoms with Crippen molar-refractivity contribution in [1.82, 2.24) is 14.8 Å². The van der Waals surface area contributed by atoms with Crippen LogP contribution in [0.15, 0.2) is 18.2 Å². The number of rotatable bonds is 3. The Bertz CT molecular complexity index is 476. The van der Waals surface area contributed by atoms with E-state index >= 15 is 0 Å². The third kappa shape index (κ3) is 2.40. The average molecular weight is 249 g/mol. The fraction of sp³-hybridized carbons (Fsp3) is 0.364. The second kappa shape index (κ2) is 5.01. The third-order valence-electron chi connectivity index (χ3n) is 2.83. The van der Waals surface area contributed by atoms with E-state index in [2.05, 4.69) is 10.4 Å². The summed E-state index contributed by atoms with van der Waals surface area (Å²) in [5, 5.41) is 0. The number of hydrogen-bond donors (Lipinski definition) is 2. The molecular formula is C11H15N5O2. The molecule has 1 fully saturated rings. The van der Waals surface area contributed by atoms with Gasteiger partial charge in [0.05, 0.1) is 12.2 Å². The fourth-order valence-electron chi connectivity index (χ4n) is 1.77. The second-order valence-electron chi connectivity index (χ2n) is 4.11. The van der Waals surface area contributed by atoms with Crippen molar-refractivity contribution in [3.63, 3.8) is 0 Å². The molecule has 18 heavy (non-hydrogen) atoms. The maximum Gasteiger partial charge on any atom is 0.312 e. The number of carbonyl (C=O) groups excluding carboxylic acids is 2. The molecule has 0 spiro atoms. The van der Waals surface area contributed by atoms with Gasteiger partial charge < -0.3 is 15.2 Å². The van der Waals surface area contributed by atoms with Crippen LogP contribution in [0.1, 0.15) is 5.69 Å². The molecule has 1 aliphatic rings. The molecule has 3 N–H and O–H groups in total. The molecule has 2 amide bonds. The summed E-state index contributed by atoms with van der Waals surface area (Å²) < 4.78 is 0. The molecule has 0 aliphatic carbocycles. The highest BCUT2D eigenvalue weighted by molar-refractivity contribution is 6.35. The van der Waals surface area contributed by atoms with Gasteiger partial charge in [0, 0.05) is 20.1 Å². The van der Waals surface area contributed by atoms with Crippen LogP contribution in [0.5, 0.6) is 0 Å². The molecule has 7 nitrogen and oxygen atoms in total. The van der Waals surface area contributed by atoms with Crippen molar-refractivity contribution in [2.24, 2.45) is 5.84 Å². The van der Waals surface area contributed by atoms with Crippen LogP contribution in [-0.4, -0.2) is 46.7 Å². The standard InChI is InChI=1S/C11H15N5O2/c1-15-5-6-16(11(18)10(15)17)7-8-3-2-4-9(13-8)14-12/h2-4H,5-7,12H2,1H3,(H,13,14). The van der Waals surface area contributed by atoms with Gasteiger partial charge >= 0.3 is 11.8 Å². The molecule has 2 heterocycles. The van der Waals surface area contributed by atoms with Gasteiger partial charge in [-0.05, 0) is 12.1 Å². The average Bonchev–Trinajstić information content (AvgIpc) is 2.40. The Kier molecular flexibility index (Phi) is 3.42. The Labute approximate surface area is 105 Å². The number of nitrogen functional groups attached to an aromatic ring is 1. The molecule has 0 aromatic carbocycles. The number of piperazine rings is 1. The highest BCUT2D eigenvalue weighted by atomic mass is 16.2. The highest BCUT2D eigenvalue weighted by Gasteiger charge is 2.30. The Morgan fingerprint density at radius 1 is 1.33 bits per heavy atom. The molecule has 0 atom stereocenters. The van der Waals surface area contributed by atoms with E-state index in [9.17, 15) is 9.59 Å². The van der Waals surface area contributed by atoms with Gasteiger partial charge in [0.2, 0.25) is 0 Å². The topological polar surface area (TPSA) is 91.6 Å².